The molecule has 1 saturated carbocycles. The zero-order valence-corrected chi connectivity index (χ0v) is 12.0. The molecular formula is C15H31NO. The quantitative estimate of drug-likeness (QED) is 0.657. The second-order valence-electron chi connectivity index (χ2n) is 6.26. The fourth-order valence-corrected chi connectivity index (χ4v) is 3.54. The first-order valence-electron chi connectivity index (χ1n) is 7.35. The van der Waals surface area contributed by atoms with E-state index in [-0.39, 0.29) is 0 Å². The number of unbranched alkanes of at least 4 members (excludes halogenated alkanes) is 1. The number of hydrogen-bond acceptors (Lipinski definition) is 2. The maximum absolute atomic E-state index is 6.50. The molecule has 1 aliphatic rings. The largest absolute Gasteiger partial charge is 0.385 e. The topological polar surface area (TPSA) is 35.2 Å². The van der Waals surface area contributed by atoms with Gasteiger partial charge in [-0.3, -0.25) is 0 Å². The summed E-state index contributed by atoms with van der Waals surface area (Å²) in [6, 6.07) is 0.407. The molecule has 2 N–H and O–H groups in total. The van der Waals surface area contributed by atoms with Crippen molar-refractivity contribution in [3.8, 4) is 0 Å². The summed E-state index contributed by atoms with van der Waals surface area (Å²) in [5.74, 6) is 0.776. The van der Waals surface area contributed by atoms with Crippen LogP contribution in [0, 0.1) is 11.3 Å². The maximum atomic E-state index is 6.50. The van der Waals surface area contributed by atoms with Gasteiger partial charge in [0.25, 0.3) is 0 Å². The summed E-state index contributed by atoms with van der Waals surface area (Å²) in [4.78, 5) is 0. The molecule has 0 amide bonds. The van der Waals surface area contributed by atoms with Crippen LogP contribution in [0.2, 0.25) is 0 Å². The normalized spacial score (nSPS) is 21.0. The van der Waals surface area contributed by atoms with Crippen LogP contribution in [-0.2, 0) is 4.74 Å². The fraction of sp³-hybridized carbons (Fsp3) is 1.00. The van der Waals surface area contributed by atoms with Crippen molar-refractivity contribution in [3.05, 3.63) is 0 Å². The molecule has 102 valence electrons. The van der Waals surface area contributed by atoms with E-state index in [4.69, 9.17) is 10.5 Å². The third-order valence-electron chi connectivity index (χ3n) is 4.31. The molecule has 0 aliphatic heterocycles. The van der Waals surface area contributed by atoms with Crippen molar-refractivity contribution in [3.63, 3.8) is 0 Å². The van der Waals surface area contributed by atoms with Gasteiger partial charge in [0.15, 0.2) is 0 Å². The van der Waals surface area contributed by atoms with Gasteiger partial charge in [0.05, 0.1) is 0 Å². The monoisotopic (exact) mass is 241 g/mol. The Labute approximate surface area is 107 Å². The number of ether oxygens (including phenoxy) is 1. The lowest BCUT2D eigenvalue weighted by molar-refractivity contribution is 0.162. The van der Waals surface area contributed by atoms with E-state index in [1.165, 1.54) is 44.9 Å². The molecule has 0 heterocycles. The van der Waals surface area contributed by atoms with E-state index in [1.54, 1.807) is 7.11 Å². The smallest absolute Gasteiger partial charge is 0.0462 e. The summed E-state index contributed by atoms with van der Waals surface area (Å²) < 4.78 is 5.10. The van der Waals surface area contributed by atoms with Gasteiger partial charge in [0, 0.05) is 19.8 Å². The Morgan fingerprint density at radius 3 is 2.35 bits per heavy atom. The van der Waals surface area contributed by atoms with Gasteiger partial charge < -0.3 is 10.5 Å². The summed E-state index contributed by atoms with van der Waals surface area (Å²) >= 11 is 0. The first-order chi connectivity index (χ1) is 8.10. The molecule has 0 spiro atoms. The summed E-state index contributed by atoms with van der Waals surface area (Å²) in [6.45, 7) is 5.54. The van der Waals surface area contributed by atoms with Crippen LogP contribution >= 0.6 is 0 Å². The third-order valence-corrected chi connectivity index (χ3v) is 4.31. The van der Waals surface area contributed by atoms with Crippen molar-refractivity contribution >= 4 is 0 Å². The molecule has 0 aromatic carbocycles. The molecule has 2 heteroatoms. The first kappa shape index (κ1) is 15.0. The Hall–Kier alpha value is -0.0800. The lowest BCUT2D eigenvalue weighted by atomic mass is 9.71. The van der Waals surface area contributed by atoms with Gasteiger partial charge in [-0.25, -0.2) is 0 Å². The fourth-order valence-electron chi connectivity index (χ4n) is 3.54. The SMILES string of the molecule is COCCCCC(N)C1(CC(C)C)CCCC1. The van der Waals surface area contributed by atoms with E-state index in [9.17, 15) is 0 Å². The molecule has 1 atom stereocenters. The number of rotatable bonds is 8. The average Bonchev–Trinajstić information content (AvgIpc) is 2.73. The highest BCUT2D eigenvalue weighted by atomic mass is 16.5. The van der Waals surface area contributed by atoms with Crippen LogP contribution in [0.1, 0.15) is 65.2 Å². The average molecular weight is 241 g/mol. The van der Waals surface area contributed by atoms with Gasteiger partial charge >= 0.3 is 0 Å². The van der Waals surface area contributed by atoms with E-state index >= 15 is 0 Å². The predicted octanol–water partition coefficient (Wildman–Crippen LogP) is 3.74. The van der Waals surface area contributed by atoms with Crippen molar-refractivity contribution in [2.24, 2.45) is 17.1 Å². The Kier molecular flexibility index (Phi) is 6.50. The van der Waals surface area contributed by atoms with Crippen LogP contribution in [-0.4, -0.2) is 19.8 Å². The van der Waals surface area contributed by atoms with Crippen molar-refractivity contribution in [1.29, 1.82) is 0 Å². The minimum absolute atomic E-state index is 0.407. The van der Waals surface area contributed by atoms with Gasteiger partial charge in [-0.2, -0.15) is 0 Å². The van der Waals surface area contributed by atoms with Gasteiger partial charge in [-0.05, 0) is 49.9 Å². The van der Waals surface area contributed by atoms with Crippen molar-refractivity contribution < 1.29 is 4.74 Å². The predicted molar refractivity (Wildman–Crippen MR) is 74.1 cm³/mol. The molecule has 1 rings (SSSR count). The summed E-state index contributed by atoms with van der Waals surface area (Å²) in [7, 11) is 1.77. The lowest BCUT2D eigenvalue weighted by Gasteiger charge is -2.37. The van der Waals surface area contributed by atoms with E-state index in [0.717, 1.165) is 18.9 Å². The van der Waals surface area contributed by atoms with Crippen LogP contribution in [0.4, 0.5) is 0 Å². The Bertz CT molecular complexity index is 197. The highest BCUT2D eigenvalue weighted by molar-refractivity contribution is 4.93. The Morgan fingerprint density at radius 2 is 1.82 bits per heavy atom. The number of hydrogen-bond donors (Lipinski definition) is 1. The van der Waals surface area contributed by atoms with E-state index in [0.29, 0.717) is 11.5 Å². The first-order valence-corrected chi connectivity index (χ1v) is 7.35. The molecule has 1 aliphatic carbocycles. The van der Waals surface area contributed by atoms with Crippen molar-refractivity contribution in [2.45, 2.75) is 71.3 Å². The lowest BCUT2D eigenvalue weighted by Crippen LogP contribution is -2.40. The highest BCUT2D eigenvalue weighted by Gasteiger charge is 2.39. The van der Waals surface area contributed by atoms with Crippen LogP contribution in [0.3, 0.4) is 0 Å². The third kappa shape index (κ3) is 4.59. The Morgan fingerprint density at radius 1 is 1.18 bits per heavy atom. The van der Waals surface area contributed by atoms with E-state index < -0.39 is 0 Å². The molecule has 1 fully saturated rings. The molecule has 0 bridgehead atoms. The van der Waals surface area contributed by atoms with E-state index in [1.807, 2.05) is 0 Å². The van der Waals surface area contributed by atoms with Gasteiger partial charge in [0.1, 0.15) is 0 Å². The summed E-state index contributed by atoms with van der Waals surface area (Å²) in [5, 5.41) is 0. The molecule has 0 saturated heterocycles. The molecule has 0 aromatic rings. The van der Waals surface area contributed by atoms with Gasteiger partial charge in [-0.15, -0.1) is 0 Å². The molecule has 1 unspecified atom stereocenters. The van der Waals surface area contributed by atoms with Crippen LogP contribution in [0.25, 0.3) is 0 Å². The minimum Gasteiger partial charge on any atom is -0.385 e. The maximum Gasteiger partial charge on any atom is 0.0462 e. The number of methoxy groups -OCH3 is 1. The van der Waals surface area contributed by atoms with Crippen LogP contribution in [0.5, 0.6) is 0 Å². The molecule has 0 aromatic heterocycles. The van der Waals surface area contributed by atoms with Crippen molar-refractivity contribution in [1.82, 2.24) is 0 Å². The molecular weight excluding hydrogens is 210 g/mol. The number of nitrogens with two attached hydrogens (primary N) is 1. The van der Waals surface area contributed by atoms with Gasteiger partial charge in [0.2, 0.25) is 0 Å². The zero-order valence-electron chi connectivity index (χ0n) is 12.0. The standard InChI is InChI=1S/C15H31NO/c1-13(2)12-15(9-5-6-10-15)14(16)8-4-7-11-17-3/h13-14H,4-12,16H2,1-3H3. The second kappa shape index (κ2) is 7.38. The van der Waals surface area contributed by atoms with Crippen LogP contribution < -0.4 is 5.73 Å². The minimum atomic E-state index is 0.407. The molecule has 0 radical (unpaired) electrons. The summed E-state index contributed by atoms with van der Waals surface area (Å²) in [6.07, 6.45) is 10.4. The Balaban J connectivity index is 2.40. The molecule has 17 heavy (non-hydrogen) atoms. The van der Waals surface area contributed by atoms with Gasteiger partial charge in [-0.1, -0.05) is 26.7 Å². The van der Waals surface area contributed by atoms with Crippen LogP contribution in [0.15, 0.2) is 0 Å². The molecule has 2 nitrogen and oxygen atoms in total. The van der Waals surface area contributed by atoms with E-state index in [2.05, 4.69) is 13.8 Å². The summed E-state index contributed by atoms with van der Waals surface area (Å²) in [5.41, 5.74) is 6.96. The van der Waals surface area contributed by atoms with Crippen molar-refractivity contribution in [2.75, 3.05) is 13.7 Å². The second-order valence-corrected chi connectivity index (χ2v) is 6.26. The highest BCUT2D eigenvalue weighted by Crippen LogP contribution is 2.46. The zero-order chi connectivity index (χ0) is 12.7.